The van der Waals surface area contributed by atoms with Crippen molar-refractivity contribution >= 4 is 41.4 Å². The first-order chi connectivity index (χ1) is 18.9. The molecule has 0 heterocycles. The average molecular weight is 619 g/mol. The van der Waals surface area contributed by atoms with Gasteiger partial charge in [0, 0.05) is 11.1 Å². The van der Waals surface area contributed by atoms with Gasteiger partial charge in [-0.1, -0.05) is 74.5 Å². The minimum Gasteiger partial charge on any atom is -0.461 e. The van der Waals surface area contributed by atoms with Gasteiger partial charge in [0.25, 0.3) is 0 Å². The van der Waals surface area contributed by atoms with Gasteiger partial charge in [-0.25, -0.2) is 0 Å². The molecule has 0 aliphatic carbocycles. The number of ether oxygens (including phenoxy) is 1. The van der Waals surface area contributed by atoms with Gasteiger partial charge in [-0.3, -0.25) is 4.79 Å². The fourth-order valence-corrected chi connectivity index (χ4v) is 19.7. The first-order valence-corrected chi connectivity index (χ1v) is 25.6. The number of carbonyl (C=O) groups excluding carboxylic acids is 1. The summed E-state index contributed by atoms with van der Waals surface area (Å²) >= 11 is 0. The van der Waals surface area contributed by atoms with Gasteiger partial charge in [0.1, 0.15) is 6.61 Å². The van der Waals surface area contributed by atoms with E-state index in [1.54, 1.807) is 0 Å². The zero-order valence-corrected chi connectivity index (χ0v) is 31.1. The third kappa shape index (κ3) is 9.34. The third-order valence-electron chi connectivity index (χ3n) is 8.44. The smallest absolute Gasteiger partial charge is 0.309 e. The molecule has 0 saturated carbocycles. The van der Waals surface area contributed by atoms with Gasteiger partial charge < -0.3 is 17.7 Å². The zero-order valence-electron chi connectivity index (χ0n) is 26.6. The van der Waals surface area contributed by atoms with Crippen LogP contribution in [0.5, 0.6) is 0 Å². The van der Waals surface area contributed by atoms with Crippen molar-refractivity contribution in [2.24, 2.45) is 5.92 Å². The molecule has 9 heteroatoms. The lowest BCUT2D eigenvalue weighted by atomic mass is 9.85. The molecule has 6 atom stereocenters. The van der Waals surface area contributed by atoms with Crippen LogP contribution in [0.1, 0.15) is 45.2 Å². The SMILES string of the molecule is CCC(C(C)O[SiH](C)C(C)O[SiH](C)C)(C(C)C(=O)OCc1ccccc1)[Si](C)(CCc1ccccc1)O[SiH](C)C. The molecule has 0 aliphatic heterocycles. The largest absolute Gasteiger partial charge is 0.461 e. The predicted molar refractivity (Wildman–Crippen MR) is 178 cm³/mol. The Balaban J connectivity index is 2.50. The maximum atomic E-state index is 13.9. The Morgan fingerprint density at radius 2 is 1.40 bits per heavy atom. The Bertz CT molecular complexity index is 1010. The highest BCUT2D eigenvalue weighted by Crippen LogP contribution is 2.55. The summed E-state index contributed by atoms with van der Waals surface area (Å²) in [7, 11) is -6.92. The molecule has 6 unspecified atom stereocenters. The number of rotatable bonds is 17. The summed E-state index contributed by atoms with van der Waals surface area (Å²) in [5.41, 5.74) is 2.43. The number of aryl methyl sites for hydroxylation is 1. The Hall–Kier alpha value is -1.34. The summed E-state index contributed by atoms with van der Waals surface area (Å²) in [4.78, 5) is 13.9. The number of esters is 1. The van der Waals surface area contributed by atoms with E-state index >= 15 is 0 Å². The number of carbonyl (C=O) groups is 1. The Labute approximate surface area is 250 Å². The lowest BCUT2D eigenvalue weighted by Gasteiger charge is -2.54. The molecule has 0 aliphatic rings. The van der Waals surface area contributed by atoms with Crippen molar-refractivity contribution in [2.75, 3.05) is 0 Å². The Morgan fingerprint density at radius 1 is 0.850 bits per heavy atom. The van der Waals surface area contributed by atoms with Crippen LogP contribution in [0.15, 0.2) is 60.7 Å². The summed E-state index contributed by atoms with van der Waals surface area (Å²) in [6.07, 6.45) is 1.57. The molecule has 0 bridgehead atoms. The van der Waals surface area contributed by atoms with Gasteiger partial charge in [-0.15, -0.1) is 0 Å². The van der Waals surface area contributed by atoms with Crippen LogP contribution in [0.25, 0.3) is 0 Å². The summed E-state index contributed by atoms with van der Waals surface area (Å²) in [5, 5.41) is -0.455. The third-order valence-corrected chi connectivity index (χ3v) is 20.4. The fraction of sp³-hybridized carbons (Fsp3) is 0.581. The lowest BCUT2D eigenvalue weighted by molar-refractivity contribution is -0.152. The maximum Gasteiger partial charge on any atom is 0.309 e. The molecule has 0 radical (unpaired) electrons. The highest BCUT2D eigenvalue weighted by molar-refractivity contribution is 6.81. The molecule has 0 aromatic heterocycles. The molecule has 0 spiro atoms. The van der Waals surface area contributed by atoms with Gasteiger partial charge in [0.15, 0.2) is 26.4 Å². The second kappa shape index (κ2) is 16.3. The normalized spacial score (nSPS) is 18.0. The maximum absolute atomic E-state index is 13.9. The second-order valence-corrected chi connectivity index (χ2v) is 23.9. The fourth-order valence-electron chi connectivity index (χ4n) is 6.31. The molecule has 40 heavy (non-hydrogen) atoms. The molecule has 0 N–H and O–H groups in total. The molecule has 2 rings (SSSR count). The first-order valence-electron chi connectivity index (χ1n) is 15.1. The molecule has 0 fully saturated rings. The standard InChI is InChI=1S/C31H54O5Si4/c1-11-31(26(3)34-39(9)27(4)35-37(5)6,25(2)30(32)33-24-29-20-16-13-17-21-29)40(10,36-38(7)8)23-22-28-18-14-12-15-19-28/h12-21,25-27,37-39H,11,22-24H2,1-10H3. The van der Waals surface area contributed by atoms with Crippen LogP contribution >= 0.6 is 0 Å². The van der Waals surface area contributed by atoms with Gasteiger partial charge in [-0.05, 0) is 83.1 Å². The summed E-state index contributed by atoms with van der Waals surface area (Å²) < 4.78 is 26.4. The number of benzene rings is 2. The van der Waals surface area contributed by atoms with E-state index in [-0.39, 0.29) is 30.3 Å². The Morgan fingerprint density at radius 3 is 1.90 bits per heavy atom. The Kier molecular flexibility index (Phi) is 14.2. The molecular formula is C31H54O5Si4. The van der Waals surface area contributed by atoms with E-state index in [9.17, 15) is 4.79 Å². The van der Waals surface area contributed by atoms with Crippen molar-refractivity contribution in [3.8, 4) is 0 Å². The van der Waals surface area contributed by atoms with Crippen molar-refractivity contribution in [1.82, 2.24) is 0 Å². The molecular weight excluding hydrogens is 565 g/mol. The monoisotopic (exact) mass is 618 g/mol. The van der Waals surface area contributed by atoms with E-state index in [4.69, 9.17) is 17.7 Å². The number of hydrogen-bond donors (Lipinski definition) is 0. The van der Waals surface area contributed by atoms with E-state index in [0.29, 0.717) is 0 Å². The second-order valence-electron chi connectivity index (χ2n) is 12.0. The molecule has 0 amide bonds. The van der Waals surface area contributed by atoms with Crippen molar-refractivity contribution < 1.29 is 22.5 Å². The van der Waals surface area contributed by atoms with E-state index in [0.717, 1.165) is 24.4 Å². The average Bonchev–Trinajstić information content (AvgIpc) is 2.91. The quantitative estimate of drug-likeness (QED) is 0.141. The lowest BCUT2D eigenvalue weighted by Crippen LogP contribution is -2.60. The van der Waals surface area contributed by atoms with Gasteiger partial charge in [0.05, 0.1) is 11.6 Å². The highest BCUT2D eigenvalue weighted by Gasteiger charge is 2.59. The molecule has 2 aromatic rings. The van der Waals surface area contributed by atoms with Crippen LogP contribution in [0.4, 0.5) is 0 Å². The van der Waals surface area contributed by atoms with Gasteiger partial charge >= 0.3 is 5.97 Å². The molecule has 0 saturated heterocycles. The van der Waals surface area contributed by atoms with Crippen LogP contribution in [-0.2, 0) is 35.5 Å². The van der Waals surface area contributed by atoms with Crippen LogP contribution in [0.3, 0.4) is 0 Å². The highest BCUT2D eigenvalue weighted by atomic mass is 28.4. The first kappa shape index (κ1) is 34.9. The van der Waals surface area contributed by atoms with Crippen molar-refractivity contribution in [3.05, 3.63) is 71.8 Å². The van der Waals surface area contributed by atoms with Crippen molar-refractivity contribution in [3.63, 3.8) is 0 Å². The number of hydrogen-bond acceptors (Lipinski definition) is 5. The summed E-state index contributed by atoms with van der Waals surface area (Å²) in [6, 6.07) is 21.5. The van der Waals surface area contributed by atoms with E-state index in [1.807, 2.05) is 30.3 Å². The molecule has 2 aromatic carbocycles. The van der Waals surface area contributed by atoms with Crippen LogP contribution < -0.4 is 0 Å². The van der Waals surface area contributed by atoms with Crippen LogP contribution in [0, 0.1) is 5.92 Å². The summed E-state index contributed by atoms with van der Waals surface area (Å²) in [5.74, 6) is -0.532. The van der Waals surface area contributed by atoms with Crippen molar-refractivity contribution in [1.29, 1.82) is 0 Å². The van der Waals surface area contributed by atoms with E-state index in [1.165, 1.54) is 5.56 Å². The van der Waals surface area contributed by atoms with Crippen LogP contribution in [-0.4, -0.2) is 53.2 Å². The van der Waals surface area contributed by atoms with Crippen molar-refractivity contribution in [2.45, 2.75) is 109 Å². The minimum absolute atomic E-state index is 0.127. The van der Waals surface area contributed by atoms with E-state index < -0.39 is 40.5 Å². The predicted octanol–water partition coefficient (Wildman–Crippen LogP) is 7.02. The summed E-state index contributed by atoms with van der Waals surface area (Å²) in [6.45, 7) is 22.4. The van der Waals surface area contributed by atoms with Gasteiger partial charge in [-0.2, -0.15) is 0 Å². The zero-order chi connectivity index (χ0) is 29.9. The molecule has 5 nitrogen and oxygen atoms in total. The van der Waals surface area contributed by atoms with E-state index in [2.05, 4.69) is 97.3 Å². The van der Waals surface area contributed by atoms with Gasteiger partial charge in [0.2, 0.25) is 9.04 Å². The minimum atomic E-state index is -2.58. The topological polar surface area (TPSA) is 54.0 Å². The molecule has 224 valence electrons. The van der Waals surface area contributed by atoms with Crippen LogP contribution in [0.2, 0.25) is 50.4 Å².